The van der Waals surface area contributed by atoms with Gasteiger partial charge in [-0.3, -0.25) is 0 Å². The highest BCUT2D eigenvalue weighted by Gasteiger charge is 2.37. The first-order valence-corrected chi connectivity index (χ1v) is 18.2. The molecule has 0 bridgehead atoms. The third kappa shape index (κ3) is 4.16. The molecule has 0 saturated heterocycles. The predicted octanol–water partition coefficient (Wildman–Crippen LogP) is 9.75. The Hall–Kier alpha value is 2.90. The Bertz CT molecular complexity index is 721. The van der Waals surface area contributed by atoms with Crippen LogP contribution in [0.4, 0.5) is 0 Å². The Morgan fingerprint density at radius 2 is 0.769 bits per heavy atom. The van der Waals surface area contributed by atoms with Crippen LogP contribution in [0.1, 0.15) is 0 Å². The molecule has 12 heteroatoms. The maximum Gasteiger partial charge on any atom is 0.0718 e. The van der Waals surface area contributed by atoms with Gasteiger partial charge in [-0.05, 0) is 12.5 Å². The van der Waals surface area contributed by atoms with E-state index < -0.39 is 0 Å². The van der Waals surface area contributed by atoms with Crippen molar-refractivity contribution in [2.45, 2.75) is 0 Å². The first-order valence-electron chi connectivity index (χ1n) is 7.23. The molecule has 0 radical (unpaired) electrons. The fraction of sp³-hybridized carbons (Fsp3) is 0.286. The minimum absolute atomic E-state index is 1.26. The first kappa shape index (κ1) is 20.8. The van der Waals surface area contributed by atoms with Gasteiger partial charge in [-0.15, -0.1) is 47.0 Å². The largest absolute Gasteiger partial charge is 0.121 e. The van der Waals surface area contributed by atoms with E-state index in [1.54, 1.807) is 8.47 Å². The Balaban J connectivity index is 1.27. The topological polar surface area (TPSA) is 0 Å². The Morgan fingerprint density at radius 3 is 1.12 bits per heavy atom. The molecular formula is C14H10S12. The van der Waals surface area contributed by atoms with E-state index in [2.05, 4.69) is 12.5 Å². The van der Waals surface area contributed by atoms with Gasteiger partial charge in [-0.25, -0.2) is 0 Å². The van der Waals surface area contributed by atoms with Crippen molar-refractivity contribution in [1.82, 2.24) is 0 Å². The van der Waals surface area contributed by atoms with E-state index in [4.69, 9.17) is 0 Å². The maximum atomic E-state index is 2.19. The lowest BCUT2D eigenvalue weighted by Gasteiger charge is -2.08. The molecule has 0 aromatic carbocycles. The van der Waals surface area contributed by atoms with Gasteiger partial charge in [-0.2, -0.15) is 0 Å². The normalized spacial score (nSPS) is 26.1. The summed E-state index contributed by atoms with van der Waals surface area (Å²) >= 11 is 23.8. The zero-order valence-corrected chi connectivity index (χ0v) is 23.1. The van der Waals surface area contributed by atoms with Crippen LogP contribution >= 0.6 is 141 Å². The summed E-state index contributed by atoms with van der Waals surface area (Å²) in [4.78, 5) is 0. The van der Waals surface area contributed by atoms with E-state index in [0.717, 1.165) is 0 Å². The van der Waals surface area contributed by atoms with Gasteiger partial charge in [0.1, 0.15) is 0 Å². The van der Waals surface area contributed by atoms with Gasteiger partial charge in [-0.1, -0.05) is 94.1 Å². The summed E-state index contributed by atoms with van der Waals surface area (Å²) < 4.78 is 15.0. The van der Waals surface area contributed by atoms with Crippen LogP contribution in [0.15, 0.2) is 42.4 Å². The molecule has 5 heterocycles. The average molecular weight is 563 g/mol. The minimum Gasteiger partial charge on any atom is -0.121 e. The summed E-state index contributed by atoms with van der Waals surface area (Å²) in [5.41, 5.74) is 0. The zero-order valence-electron chi connectivity index (χ0n) is 13.3. The summed E-state index contributed by atoms with van der Waals surface area (Å²) in [6.45, 7) is 0. The lowest BCUT2D eigenvalue weighted by Crippen LogP contribution is -1.88. The van der Waals surface area contributed by atoms with Gasteiger partial charge >= 0.3 is 0 Å². The van der Waals surface area contributed by atoms with Crippen LogP contribution in [0.5, 0.6) is 0 Å². The van der Waals surface area contributed by atoms with Gasteiger partial charge in [0, 0.05) is 11.5 Å². The Morgan fingerprint density at radius 1 is 0.462 bits per heavy atom. The Labute approximate surface area is 204 Å². The third-order valence-corrected chi connectivity index (χ3v) is 20.9. The highest BCUT2D eigenvalue weighted by molar-refractivity contribution is 8.51. The monoisotopic (exact) mass is 562 g/mol. The van der Waals surface area contributed by atoms with E-state index in [-0.39, 0.29) is 0 Å². The Kier molecular flexibility index (Phi) is 7.34. The van der Waals surface area contributed by atoms with Crippen molar-refractivity contribution in [3.8, 4) is 0 Å². The van der Waals surface area contributed by atoms with Crippen molar-refractivity contribution in [2.24, 2.45) is 0 Å². The van der Waals surface area contributed by atoms with Crippen LogP contribution in [0.3, 0.4) is 0 Å². The van der Waals surface area contributed by atoms with E-state index in [9.17, 15) is 0 Å². The number of thioether (sulfide) groups is 12. The molecule has 0 fully saturated rings. The molecule has 0 amide bonds. The van der Waals surface area contributed by atoms with Gasteiger partial charge < -0.3 is 0 Å². The maximum absolute atomic E-state index is 2.19. The van der Waals surface area contributed by atoms with Gasteiger partial charge in [0.05, 0.1) is 42.4 Å². The number of hydrogen-bond acceptors (Lipinski definition) is 12. The van der Waals surface area contributed by atoms with Crippen molar-refractivity contribution in [1.29, 1.82) is 0 Å². The van der Waals surface area contributed by atoms with Crippen molar-refractivity contribution in [3.05, 3.63) is 42.4 Å². The lowest BCUT2D eigenvalue weighted by atomic mass is 11.0. The van der Waals surface area contributed by atoms with Crippen LogP contribution in [0.2, 0.25) is 0 Å². The van der Waals surface area contributed by atoms with Crippen LogP contribution in [-0.4, -0.2) is 24.0 Å². The van der Waals surface area contributed by atoms with Crippen molar-refractivity contribution < 1.29 is 0 Å². The fourth-order valence-electron chi connectivity index (χ4n) is 2.16. The van der Waals surface area contributed by atoms with E-state index in [1.807, 2.05) is 141 Å². The highest BCUT2D eigenvalue weighted by atomic mass is 32.3. The number of hydrogen-bond donors (Lipinski definition) is 0. The quantitative estimate of drug-likeness (QED) is 0.314. The van der Waals surface area contributed by atoms with Crippen molar-refractivity contribution in [3.63, 3.8) is 0 Å². The molecule has 0 spiro atoms. The summed E-state index contributed by atoms with van der Waals surface area (Å²) in [5, 5.41) is 0. The van der Waals surface area contributed by atoms with Crippen LogP contribution in [0.25, 0.3) is 0 Å². The second-order valence-corrected chi connectivity index (χ2v) is 19.4. The molecule has 138 valence electrons. The molecule has 0 unspecified atom stereocenters. The van der Waals surface area contributed by atoms with Crippen LogP contribution in [0, 0.1) is 0 Å². The van der Waals surface area contributed by atoms with E-state index in [1.165, 1.54) is 45.4 Å². The molecule has 0 aliphatic carbocycles. The summed E-state index contributed by atoms with van der Waals surface area (Å²) in [6, 6.07) is 0. The van der Waals surface area contributed by atoms with Crippen molar-refractivity contribution >= 4 is 141 Å². The molecular weight excluding hydrogens is 553 g/mol. The second-order valence-electron chi connectivity index (χ2n) is 4.80. The molecule has 0 saturated carbocycles. The molecule has 5 aliphatic heterocycles. The molecule has 26 heavy (non-hydrogen) atoms. The summed E-state index contributed by atoms with van der Waals surface area (Å²) in [7, 11) is 0. The molecule has 0 nitrogen and oxygen atoms in total. The first-order chi connectivity index (χ1) is 12.7. The number of rotatable bonds is 2. The van der Waals surface area contributed by atoms with Gasteiger partial charge in [0.2, 0.25) is 0 Å². The summed E-state index contributed by atoms with van der Waals surface area (Å²) in [5.74, 6) is 2.52. The molecule has 0 atom stereocenters. The van der Waals surface area contributed by atoms with Gasteiger partial charge in [0.25, 0.3) is 0 Å². The smallest absolute Gasteiger partial charge is 0.0718 e. The van der Waals surface area contributed by atoms with Crippen LogP contribution < -0.4 is 0 Å². The molecule has 0 aromatic heterocycles. The van der Waals surface area contributed by atoms with Crippen LogP contribution in [-0.2, 0) is 0 Å². The van der Waals surface area contributed by atoms with E-state index in [0.29, 0.717) is 0 Å². The lowest BCUT2D eigenvalue weighted by molar-refractivity contribution is 1.56. The van der Waals surface area contributed by atoms with E-state index >= 15 is 0 Å². The fourth-order valence-corrected chi connectivity index (χ4v) is 20.1. The second kappa shape index (κ2) is 9.18. The van der Waals surface area contributed by atoms with Gasteiger partial charge in [0.15, 0.2) is 0 Å². The average Bonchev–Trinajstić information content (AvgIpc) is 3.39. The molecule has 0 N–H and O–H groups in total. The van der Waals surface area contributed by atoms with Crippen molar-refractivity contribution in [2.75, 3.05) is 24.0 Å². The molecule has 0 aromatic rings. The molecule has 5 rings (SSSR count). The minimum atomic E-state index is 1.26. The highest BCUT2D eigenvalue weighted by Crippen LogP contribution is 2.73. The zero-order chi connectivity index (χ0) is 17.7. The summed E-state index contributed by atoms with van der Waals surface area (Å²) in [6.07, 6.45) is 4.37. The third-order valence-electron chi connectivity index (χ3n) is 3.24. The SMILES string of the molecule is CSC1=C(SC)SC(=C2SC3=C(S2)SC(=C2SC4=C(SCCS4)S2)S3)S1. The predicted molar refractivity (Wildman–Crippen MR) is 148 cm³/mol. The standard InChI is InChI=1S/C14H10S12/c1-15-5-6(16-2)20-9(19-5)11-23-13-14(24-11)26-12(25-13)10-21-7-8(22-10)18-4-3-17-7/h3-4H2,1-2H3. The molecule has 5 aliphatic rings.